The van der Waals surface area contributed by atoms with Crippen molar-refractivity contribution in [3.05, 3.63) is 29.8 Å². The van der Waals surface area contributed by atoms with Crippen LogP contribution in [0.5, 0.6) is 5.75 Å². The van der Waals surface area contributed by atoms with Crippen molar-refractivity contribution >= 4 is 11.9 Å². The lowest BCUT2D eigenvalue weighted by atomic mass is 10.0. The van der Waals surface area contributed by atoms with E-state index in [1.54, 1.807) is 17.0 Å². The van der Waals surface area contributed by atoms with Crippen LogP contribution >= 0.6 is 0 Å². The molecule has 0 unspecified atom stereocenters. The number of nitrogens with zero attached hydrogens (tertiary/aromatic N) is 1. The van der Waals surface area contributed by atoms with Gasteiger partial charge in [-0.2, -0.15) is 0 Å². The maximum Gasteiger partial charge on any atom is 0.305 e. The topological polar surface area (TPSA) is 76.1 Å². The van der Waals surface area contributed by atoms with Crippen LogP contribution in [0.25, 0.3) is 0 Å². The fourth-order valence-electron chi connectivity index (χ4n) is 3.02. The molecule has 1 aromatic carbocycles. The average Bonchev–Trinajstić information content (AvgIpc) is 3.45. The first kappa shape index (κ1) is 17.7. The third kappa shape index (κ3) is 5.19. The van der Waals surface area contributed by atoms with Gasteiger partial charge in [0.2, 0.25) is 0 Å². The molecule has 0 spiro atoms. The summed E-state index contributed by atoms with van der Waals surface area (Å²) in [6.07, 6.45) is 3.91. The molecule has 0 aromatic heterocycles. The van der Waals surface area contributed by atoms with E-state index in [1.807, 2.05) is 12.1 Å². The lowest BCUT2D eigenvalue weighted by molar-refractivity contribution is -0.137. The van der Waals surface area contributed by atoms with Crippen molar-refractivity contribution in [2.45, 2.75) is 38.1 Å². The highest BCUT2D eigenvalue weighted by Crippen LogP contribution is 2.29. The van der Waals surface area contributed by atoms with Gasteiger partial charge >= 0.3 is 5.97 Å². The Kier molecular flexibility index (Phi) is 5.91. The van der Waals surface area contributed by atoms with Gasteiger partial charge in [-0.1, -0.05) is 0 Å². The summed E-state index contributed by atoms with van der Waals surface area (Å²) >= 11 is 0. The van der Waals surface area contributed by atoms with Crippen LogP contribution in [0.4, 0.5) is 0 Å². The van der Waals surface area contributed by atoms with E-state index in [0.29, 0.717) is 24.7 Å². The number of carbonyl (C=O) groups is 2. The summed E-state index contributed by atoms with van der Waals surface area (Å²) in [4.78, 5) is 25.5. The van der Waals surface area contributed by atoms with Gasteiger partial charge in [0, 0.05) is 31.4 Å². The number of aliphatic carboxylic acids is 1. The number of benzene rings is 1. The number of ether oxygens (including phenoxy) is 2. The van der Waals surface area contributed by atoms with E-state index in [9.17, 15) is 9.59 Å². The van der Waals surface area contributed by atoms with Crippen LogP contribution in [0.15, 0.2) is 24.3 Å². The van der Waals surface area contributed by atoms with Crippen LogP contribution in [-0.4, -0.2) is 54.3 Å². The minimum atomic E-state index is -0.895. The second kappa shape index (κ2) is 8.34. The van der Waals surface area contributed by atoms with E-state index < -0.39 is 5.97 Å². The number of carbonyl (C=O) groups excluding carboxylic acids is 1. The van der Waals surface area contributed by atoms with Crippen LogP contribution in [0.3, 0.4) is 0 Å². The quantitative estimate of drug-likeness (QED) is 0.782. The van der Waals surface area contributed by atoms with Crippen LogP contribution in [0.1, 0.15) is 42.5 Å². The number of hydrogen-bond acceptors (Lipinski definition) is 4. The zero-order valence-corrected chi connectivity index (χ0v) is 14.4. The molecule has 25 heavy (non-hydrogen) atoms. The highest BCUT2D eigenvalue weighted by atomic mass is 16.5. The van der Waals surface area contributed by atoms with Crippen molar-refractivity contribution in [3.63, 3.8) is 0 Å². The zero-order chi connectivity index (χ0) is 17.6. The fraction of sp³-hybridized carbons (Fsp3) is 0.579. The van der Waals surface area contributed by atoms with E-state index >= 15 is 0 Å². The molecule has 1 amide bonds. The van der Waals surface area contributed by atoms with Gasteiger partial charge in [-0.05, 0) is 55.9 Å². The van der Waals surface area contributed by atoms with Crippen molar-refractivity contribution in [1.29, 1.82) is 0 Å². The second-order valence-corrected chi connectivity index (χ2v) is 6.76. The number of carboxylic acids is 1. The molecule has 0 radical (unpaired) electrons. The predicted molar refractivity (Wildman–Crippen MR) is 91.8 cm³/mol. The van der Waals surface area contributed by atoms with Crippen LogP contribution in [0, 0.1) is 5.92 Å². The van der Waals surface area contributed by atoms with Crippen LogP contribution in [0.2, 0.25) is 0 Å². The fourth-order valence-corrected chi connectivity index (χ4v) is 3.02. The summed E-state index contributed by atoms with van der Waals surface area (Å²) in [6.45, 7) is 2.17. The first-order valence-corrected chi connectivity index (χ1v) is 8.97. The number of rotatable bonds is 8. The van der Waals surface area contributed by atoms with Crippen molar-refractivity contribution in [2.24, 2.45) is 5.92 Å². The van der Waals surface area contributed by atoms with E-state index in [4.69, 9.17) is 14.6 Å². The maximum absolute atomic E-state index is 12.9. The summed E-state index contributed by atoms with van der Waals surface area (Å²) < 4.78 is 11.1. The van der Waals surface area contributed by atoms with Gasteiger partial charge in [-0.15, -0.1) is 0 Å². The summed E-state index contributed by atoms with van der Waals surface area (Å²) in [7, 11) is 0. The molecule has 6 nitrogen and oxygen atoms in total. The van der Waals surface area contributed by atoms with E-state index in [-0.39, 0.29) is 24.9 Å². The Labute approximate surface area is 147 Å². The zero-order valence-electron chi connectivity index (χ0n) is 14.4. The molecule has 0 atom stereocenters. The molecular formula is C19H25NO5. The Balaban J connectivity index is 1.65. The number of amides is 1. The highest BCUT2D eigenvalue weighted by molar-refractivity contribution is 5.94. The van der Waals surface area contributed by atoms with E-state index in [2.05, 4.69) is 0 Å². The van der Waals surface area contributed by atoms with Crippen molar-refractivity contribution in [3.8, 4) is 5.75 Å². The van der Waals surface area contributed by atoms with E-state index in [0.717, 1.165) is 25.2 Å². The van der Waals surface area contributed by atoms with Gasteiger partial charge in [0.1, 0.15) is 5.75 Å². The Bertz CT molecular complexity index is 590. The largest absolute Gasteiger partial charge is 0.493 e. The third-order valence-electron chi connectivity index (χ3n) is 4.74. The predicted octanol–water partition coefficient (Wildman–Crippen LogP) is 2.57. The SMILES string of the molecule is O=C(O)CCN(C(=O)c1ccc(OCC2CC2)cc1)C1CCOCC1. The number of carboxylic acid groups (broad SMARTS) is 1. The monoisotopic (exact) mass is 347 g/mol. The van der Waals surface area contributed by atoms with Crippen molar-refractivity contribution < 1.29 is 24.2 Å². The van der Waals surface area contributed by atoms with Crippen molar-refractivity contribution in [1.82, 2.24) is 4.90 Å². The summed E-state index contributed by atoms with van der Waals surface area (Å²) in [5, 5.41) is 8.98. The molecule has 136 valence electrons. The van der Waals surface area contributed by atoms with E-state index in [1.165, 1.54) is 12.8 Å². The van der Waals surface area contributed by atoms with Crippen molar-refractivity contribution in [2.75, 3.05) is 26.4 Å². The molecule has 2 aliphatic rings. The van der Waals surface area contributed by atoms with Gasteiger partial charge in [0.25, 0.3) is 5.91 Å². The standard InChI is InChI=1S/C19H25NO5/c21-18(22)7-10-20(16-8-11-24-12-9-16)19(23)15-3-5-17(6-4-15)25-13-14-1-2-14/h3-6,14,16H,1-2,7-13H2,(H,21,22). The molecule has 6 heteroatoms. The molecular weight excluding hydrogens is 322 g/mol. The smallest absolute Gasteiger partial charge is 0.305 e. The molecule has 1 heterocycles. The lowest BCUT2D eigenvalue weighted by Gasteiger charge is -2.34. The third-order valence-corrected chi connectivity index (χ3v) is 4.74. The first-order valence-electron chi connectivity index (χ1n) is 8.97. The molecule has 2 fully saturated rings. The molecule has 0 bridgehead atoms. The molecule has 1 aliphatic heterocycles. The Morgan fingerprint density at radius 2 is 1.80 bits per heavy atom. The normalized spacial score (nSPS) is 17.9. The summed E-state index contributed by atoms with van der Waals surface area (Å²) in [5.74, 6) is 0.434. The Hall–Kier alpha value is -2.08. The highest BCUT2D eigenvalue weighted by Gasteiger charge is 2.27. The van der Waals surface area contributed by atoms with Gasteiger partial charge < -0.3 is 19.5 Å². The van der Waals surface area contributed by atoms with Gasteiger partial charge in [-0.3, -0.25) is 9.59 Å². The molecule has 1 saturated carbocycles. The Morgan fingerprint density at radius 1 is 1.12 bits per heavy atom. The first-order chi connectivity index (χ1) is 12.1. The van der Waals surface area contributed by atoms with Gasteiger partial charge in [0.05, 0.1) is 13.0 Å². The molecule has 1 aliphatic carbocycles. The van der Waals surface area contributed by atoms with Crippen LogP contribution in [-0.2, 0) is 9.53 Å². The summed E-state index contributed by atoms with van der Waals surface area (Å²) in [5.41, 5.74) is 0.565. The van der Waals surface area contributed by atoms with Gasteiger partial charge in [-0.25, -0.2) is 0 Å². The average molecular weight is 347 g/mol. The second-order valence-electron chi connectivity index (χ2n) is 6.76. The minimum Gasteiger partial charge on any atom is -0.493 e. The summed E-state index contributed by atoms with van der Waals surface area (Å²) in [6, 6.07) is 7.19. The number of hydrogen-bond donors (Lipinski definition) is 1. The minimum absolute atomic E-state index is 0.0337. The maximum atomic E-state index is 12.9. The van der Waals surface area contributed by atoms with Gasteiger partial charge in [0.15, 0.2) is 0 Å². The molecule has 1 N–H and O–H groups in total. The lowest BCUT2D eigenvalue weighted by Crippen LogP contribution is -2.44. The molecule has 1 aromatic rings. The molecule has 1 saturated heterocycles. The molecule has 3 rings (SSSR count). The Morgan fingerprint density at radius 3 is 2.40 bits per heavy atom. The van der Waals surface area contributed by atoms with Crippen LogP contribution < -0.4 is 4.74 Å².